The molecule has 0 fully saturated rings. The number of nitrogens with one attached hydrogen (secondary N) is 1. The predicted octanol–water partition coefficient (Wildman–Crippen LogP) is 4.39. The first-order valence-electron chi connectivity index (χ1n) is 17.2. The molecule has 0 saturated heterocycles. The maximum Gasteiger partial charge on any atom is 0.337 e. The minimum Gasteiger partial charge on any atom is -0.465 e. The molecule has 1 aliphatic rings. The minimum atomic E-state index is -1.21. The molecule has 1 atom stereocenters. The lowest BCUT2D eigenvalue weighted by molar-refractivity contribution is 0.0543. The molecular weight excluding hydrogens is 635 g/mol. The number of aliphatic hydroxyl groups is 1. The fourth-order valence-electron chi connectivity index (χ4n) is 6.32. The summed E-state index contributed by atoms with van der Waals surface area (Å²) in [7, 11) is 0.159. The van der Waals surface area contributed by atoms with Gasteiger partial charge in [0.25, 0.3) is 11.8 Å². The van der Waals surface area contributed by atoms with Gasteiger partial charge in [0.2, 0.25) is 0 Å². The third kappa shape index (κ3) is 8.11. The van der Waals surface area contributed by atoms with E-state index in [9.17, 15) is 19.5 Å². The summed E-state index contributed by atoms with van der Waals surface area (Å²) >= 11 is 0. The Morgan fingerprint density at radius 2 is 1.65 bits per heavy atom. The van der Waals surface area contributed by atoms with Crippen LogP contribution in [0.15, 0.2) is 72.8 Å². The van der Waals surface area contributed by atoms with Crippen LogP contribution in [-0.2, 0) is 17.7 Å². The van der Waals surface area contributed by atoms with Gasteiger partial charge < -0.3 is 24.6 Å². The topological polar surface area (TPSA) is 117 Å². The van der Waals surface area contributed by atoms with E-state index in [0.29, 0.717) is 48.6 Å². The number of benzene rings is 3. The number of hydrogen-bond acceptors (Lipinski definition) is 7. The summed E-state index contributed by atoms with van der Waals surface area (Å²) in [6, 6.07) is 22.3. The predicted molar refractivity (Wildman–Crippen MR) is 194 cm³/mol. The quantitative estimate of drug-likeness (QED) is 0.150. The first-order chi connectivity index (χ1) is 23.8. The van der Waals surface area contributed by atoms with Crippen LogP contribution in [0.2, 0.25) is 0 Å². The summed E-state index contributed by atoms with van der Waals surface area (Å²) in [6.45, 7) is 7.65. The summed E-state index contributed by atoms with van der Waals surface area (Å²) < 4.78 is 6.67. The highest BCUT2D eigenvalue weighted by Gasteiger charge is 2.32. The fourth-order valence-corrected chi connectivity index (χ4v) is 7.64. The first kappa shape index (κ1) is 35.6. The lowest BCUT2D eigenvalue weighted by atomic mass is 9.93. The molecule has 2 amide bonds. The standard InChI is InChI=1S/C38H47N5O5Si/c1-5-7-19-41(20-8-6-2)37(46)33-21-26(3)43(39-33)34-18-17-29(40-49-35-16-12-11-15-31(35)38(47)48-4)23-32(34)36(45)42-24-28-14-10-9-13-27(28)22-30(42)25-44/h9-18,21,23,30,40,44H,5-8,19-20,22,24-25,49H2,1-4H3. The van der Waals surface area contributed by atoms with E-state index in [4.69, 9.17) is 9.84 Å². The monoisotopic (exact) mass is 681 g/mol. The number of amides is 2. The molecule has 10 nitrogen and oxygen atoms in total. The van der Waals surface area contributed by atoms with Crippen molar-refractivity contribution < 1.29 is 24.2 Å². The Balaban J connectivity index is 1.53. The van der Waals surface area contributed by atoms with Crippen molar-refractivity contribution in [1.29, 1.82) is 0 Å². The van der Waals surface area contributed by atoms with Crippen LogP contribution in [0.4, 0.5) is 5.69 Å². The van der Waals surface area contributed by atoms with Crippen molar-refractivity contribution in [2.24, 2.45) is 0 Å². The van der Waals surface area contributed by atoms with Gasteiger partial charge >= 0.3 is 5.97 Å². The lowest BCUT2D eigenvalue weighted by Gasteiger charge is -2.36. The van der Waals surface area contributed by atoms with Crippen LogP contribution in [0.25, 0.3) is 5.69 Å². The van der Waals surface area contributed by atoms with Gasteiger partial charge in [-0.15, -0.1) is 0 Å². The molecule has 258 valence electrons. The highest BCUT2D eigenvalue weighted by Crippen LogP contribution is 2.29. The second kappa shape index (κ2) is 16.6. The highest BCUT2D eigenvalue weighted by atomic mass is 28.2. The maximum atomic E-state index is 14.6. The number of aromatic nitrogens is 2. The normalized spacial score (nSPS) is 14.1. The average molecular weight is 682 g/mol. The summed E-state index contributed by atoms with van der Waals surface area (Å²) in [6.07, 6.45) is 4.36. The molecular formula is C38H47N5O5Si. The smallest absolute Gasteiger partial charge is 0.337 e. The highest BCUT2D eigenvalue weighted by molar-refractivity contribution is 6.58. The number of anilines is 1. The van der Waals surface area contributed by atoms with E-state index in [0.717, 1.165) is 53.4 Å². The van der Waals surface area contributed by atoms with Crippen molar-refractivity contribution in [1.82, 2.24) is 19.6 Å². The number of carbonyl (C=O) groups excluding carboxylic acids is 3. The molecule has 4 aromatic rings. The number of methoxy groups -OCH3 is 1. The molecule has 0 spiro atoms. The van der Waals surface area contributed by atoms with E-state index in [1.54, 1.807) is 21.7 Å². The van der Waals surface area contributed by atoms with Gasteiger partial charge in [-0.05, 0) is 72.8 Å². The van der Waals surface area contributed by atoms with Crippen LogP contribution in [-0.4, -0.2) is 85.0 Å². The Morgan fingerprint density at radius 3 is 2.35 bits per heavy atom. The van der Waals surface area contributed by atoms with Crippen LogP contribution < -0.4 is 10.2 Å². The molecule has 3 aromatic carbocycles. The Labute approximate surface area is 291 Å². The van der Waals surface area contributed by atoms with Crippen molar-refractivity contribution in [2.45, 2.75) is 65.5 Å². The summed E-state index contributed by atoms with van der Waals surface area (Å²) in [5.74, 6) is -0.740. The van der Waals surface area contributed by atoms with Gasteiger partial charge in [-0.25, -0.2) is 9.48 Å². The third-order valence-corrected chi connectivity index (χ3v) is 10.7. The number of aliphatic hydroxyl groups excluding tert-OH is 1. The molecule has 2 heterocycles. The van der Waals surface area contributed by atoms with E-state index < -0.39 is 15.7 Å². The Bertz CT molecular complexity index is 1780. The zero-order valence-corrected chi connectivity index (χ0v) is 30.4. The molecule has 11 heteroatoms. The number of ether oxygens (including phenoxy) is 1. The zero-order chi connectivity index (χ0) is 34.9. The number of hydrogen-bond donors (Lipinski definition) is 2. The molecule has 0 aliphatic carbocycles. The Hall–Kier alpha value is -4.74. The Morgan fingerprint density at radius 1 is 0.959 bits per heavy atom. The van der Waals surface area contributed by atoms with Crippen LogP contribution >= 0.6 is 0 Å². The van der Waals surface area contributed by atoms with Crippen LogP contribution in [0, 0.1) is 6.92 Å². The van der Waals surface area contributed by atoms with Crippen molar-refractivity contribution >= 4 is 38.3 Å². The minimum absolute atomic E-state index is 0.113. The summed E-state index contributed by atoms with van der Waals surface area (Å²) in [5, 5.41) is 16.1. The van der Waals surface area contributed by atoms with Gasteiger partial charge in [0.1, 0.15) is 0 Å². The number of fused-ring (bicyclic) bond motifs is 1. The largest absolute Gasteiger partial charge is 0.465 e. The number of aryl methyl sites for hydroxylation is 1. The Kier molecular flexibility index (Phi) is 12.0. The van der Waals surface area contributed by atoms with E-state index in [-0.39, 0.29) is 24.4 Å². The van der Waals surface area contributed by atoms with Crippen molar-refractivity contribution in [3.8, 4) is 5.69 Å². The lowest BCUT2D eigenvalue weighted by Crippen LogP contribution is -2.46. The van der Waals surface area contributed by atoms with Crippen molar-refractivity contribution in [3.05, 3.63) is 106 Å². The second-order valence-corrected chi connectivity index (χ2v) is 14.0. The fraction of sp³-hybridized carbons (Fsp3) is 0.368. The van der Waals surface area contributed by atoms with E-state index in [1.807, 2.05) is 72.5 Å². The van der Waals surface area contributed by atoms with Gasteiger partial charge in [0, 0.05) is 31.0 Å². The molecule has 2 N–H and O–H groups in total. The summed E-state index contributed by atoms with van der Waals surface area (Å²) in [5.41, 5.74) is 5.44. The molecule has 0 bridgehead atoms. The van der Waals surface area contributed by atoms with Gasteiger partial charge in [-0.3, -0.25) is 9.59 Å². The van der Waals surface area contributed by atoms with E-state index in [2.05, 4.69) is 18.8 Å². The van der Waals surface area contributed by atoms with Gasteiger partial charge in [0.15, 0.2) is 15.4 Å². The molecule has 5 rings (SSSR count). The first-order valence-corrected chi connectivity index (χ1v) is 18.6. The molecule has 0 saturated carbocycles. The van der Waals surface area contributed by atoms with Crippen LogP contribution in [0.3, 0.4) is 0 Å². The molecule has 1 aromatic heterocycles. The molecule has 1 aliphatic heterocycles. The van der Waals surface area contributed by atoms with Crippen molar-refractivity contribution in [2.75, 3.05) is 31.8 Å². The molecule has 1 unspecified atom stereocenters. The molecule has 0 radical (unpaired) electrons. The van der Waals surface area contributed by atoms with Gasteiger partial charge in [0.05, 0.1) is 36.6 Å². The number of nitrogens with zero attached hydrogens (tertiary/aromatic N) is 4. The van der Waals surface area contributed by atoms with Crippen LogP contribution in [0.1, 0.15) is 87.6 Å². The number of esters is 1. The van der Waals surface area contributed by atoms with Gasteiger partial charge in [-0.1, -0.05) is 69.2 Å². The number of carbonyl (C=O) groups is 3. The average Bonchev–Trinajstić information content (AvgIpc) is 3.53. The van der Waals surface area contributed by atoms with Crippen molar-refractivity contribution in [3.63, 3.8) is 0 Å². The second-order valence-electron chi connectivity index (χ2n) is 12.6. The van der Waals surface area contributed by atoms with Crippen LogP contribution in [0.5, 0.6) is 0 Å². The molecule has 49 heavy (non-hydrogen) atoms. The third-order valence-electron chi connectivity index (χ3n) is 9.14. The maximum absolute atomic E-state index is 14.6. The number of rotatable bonds is 14. The number of unbranched alkanes of at least 4 members (excludes halogenated alkanes) is 2. The van der Waals surface area contributed by atoms with E-state index in [1.165, 1.54) is 7.11 Å². The SMILES string of the molecule is CCCCN(CCCC)C(=O)c1cc(C)n(-c2ccc(N[SiH2]c3ccccc3C(=O)OC)cc2C(=O)N2Cc3ccccc3CC2CO)n1. The van der Waals surface area contributed by atoms with E-state index >= 15 is 0 Å². The van der Waals surface area contributed by atoms with Gasteiger partial charge in [-0.2, -0.15) is 5.10 Å². The summed E-state index contributed by atoms with van der Waals surface area (Å²) in [4.78, 5) is 47.8. The zero-order valence-electron chi connectivity index (χ0n) is 28.9.